The van der Waals surface area contributed by atoms with Crippen LogP contribution in [-0.2, 0) is 17.9 Å². The Morgan fingerprint density at radius 2 is 2.03 bits per heavy atom. The zero-order chi connectivity index (χ0) is 26.9. The molecule has 0 N–H and O–H groups in total. The molecule has 1 aliphatic rings. The summed E-state index contributed by atoms with van der Waals surface area (Å²) >= 11 is 0. The number of nitriles is 1. The molecule has 0 unspecified atom stereocenters. The first-order chi connectivity index (χ1) is 17.4. The maximum atomic E-state index is 14.9. The molecule has 1 aliphatic heterocycles. The molecule has 0 saturated heterocycles. The van der Waals surface area contributed by atoms with Gasteiger partial charge in [0.05, 0.1) is 11.6 Å². The molecule has 3 heterocycles. The number of hydrogen-bond acceptors (Lipinski definition) is 8. The highest BCUT2D eigenvalue weighted by atomic mass is 19.1. The minimum Gasteiger partial charge on any atom is -0.473 e. The van der Waals surface area contributed by atoms with Crippen LogP contribution in [0.3, 0.4) is 0 Å². The minimum absolute atomic E-state index is 0.0278. The van der Waals surface area contributed by atoms with Gasteiger partial charge < -0.3 is 14.2 Å². The topological polar surface area (TPSA) is 120 Å². The Labute approximate surface area is 212 Å². The van der Waals surface area contributed by atoms with Crippen molar-refractivity contribution >= 4 is 11.9 Å². The Morgan fingerprint density at radius 3 is 2.70 bits per heavy atom. The lowest BCUT2D eigenvalue weighted by Gasteiger charge is -2.26. The number of pyridine rings is 1. The summed E-state index contributed by atoms with van der Waals surface area (Å²) in [5.41, 5.74) is -0.331. The van der Waals surface area contributed by atoms with Gasteiger partial charge in [-0.15, -0.1) is 0 Å². The van der Waals surface area contributed by atoms with Crippen LogP contribution in [0.1, 0.15) is 44.5 Å². The van der Waals surface area contributed by atoms with Gasteiger partial charge in [0.1, 0.15) is 29.8 Å². The van der Waals surface area contributed by atoms with Crippen molar-refractivity contribution < 1.29 is 23.4 Å². The standard InChI is InChI=1S/C26H26FN5O5/c1-15-8-19(6-7-29-15)36-23-18(12-28)9-17(10-20(23)27)14-35-21-11-22-31(24(33)30-21)13-16(2)32(22)25(34)37-26(3,4)5/h6-11,16H,13-14H2,1-5H3/t16-/m1/s1. The summed E-state index contributed by atoms with van der Waals surface area (Å²) in [5, 5.41) is 9.56. The van der Waals surface area contributed by atoms with E-state index < -0.39 is 23.2 Å². The van der Waals surface area contributed by atoms with E-state index in [2.05, 4.69) is 9.97 Å². The van der Waals surface area contributed by atoms with Gasteiger partial charge in [-0.2, -0.15) is 10.2 Å². The van der Waals surface area contributed by atoms with Crippen LogP contribution in [-0.4, -0.2) is 32.3 Å². The summed E-state index contributed by atoms with van der Waals surface area (Å²) in [6.07, 6.45) is 0.928. The van der Waals surface area contributed by atoms with E-state index in [9.17, 15) is 19.2 Å². The first-order valence-electron chi connectivity index (χ1n) is 11.5. The summed E-state index contributed by atoms with van der Waals surface area (Å²) in [4.78, 5) is 34.7. The van der Waals surface area contributed by atoms with Crippen molar-refractivity contribution in [2.24, 2.45) is 0 Å². The maximum absolute atomic E-state index is 14.9. The summed E-state index contributed by atoms with van der Waals surface area (Å²) < 4.78 is 33.0. The molecule has 4 rings (SSSR count). The molecule has 0 bridgehead atoms. The number of carbonyl (C=O) groups excluding carboxylic acids is 1. The van der Waals surface area contributed by atoms with Crippen LogP contribution in [0.25, 0.3) is 0 Å². The molecule has 1 atom stereocenters. The number of hydrogen-bond donors (Lipinski definition) is 0. The fourth-order valence-corrected chi connectivity index (χ4v) is 3.85. The first kappa shape index (κ1) is 25.6. The predicted molar refractivity (Wildman–Crippen MR) is 131 cm³/mol. The molecule has 3 aromatic rings. The van der Waals surface area contributed by atoms with Crippen LogP contribution in [0.4, 0.5) is 15.0 Å². The Bertz CT molecular complexity index is 1460. The van der Waals surface area contributed by atoms with Gasteiger partial charge in [-0.25, -0.2) is 14.0 Å². The van der Waals surface area contributed by atoms with Gasteiger partial charge in [-0.3, -0.25) is 14.5 Å². The molecule has 1 amide bonds. The lowest BCUT2D eigenvalue weighted by Crippen LogP contribution is -2.40. The van der Waals surface area contributed by atoms with Crippen LogP contribution in [0.5, 0.6) is 17.4 Å². The fourth-order valence-electron chi connectivity index (χ4n) is 3.85. The van der Waals surface area contributed by atoms with Crippen LogP contribution in [0, 0.1) is 24.1 Å². The molecule has 1 aromatic carbocycles. The van der Waals surface area contributed by atoms with E-state index >= 15 is 0 Å². The molecule has 37 heavy (non-hydrogen) atoms. The van der Waals surface area contributed by atoms with Crippen LogP contribution < -0.4 is 20.1 Å². The average Bonchev–Trinajstić information content (AvgIpc) is 3.14. The Balaban J connectivity index is 1.56. The van der Waals surface area contributed by atoms with E-state index in [4.69, 9.17) is 14.2 Å². The van der Waals surface area contributed by atoms with Crippen molar-refractivity contribution in [1.82, 2.24) is 14.5 Å². The van der Waals surface area contributed by atoms with E-state index in [1.807, 2.05) is 6.07 Å². The third kappa shape index (κ3) is 5.69. The van der Waals surface area contributed by atoms with E-state index in [1.165, 1.54) is 33.9 Å². The number of ether oxygens (including phenoxy) is 3. The zero-order valence-corrected chi connectivity index (χ0v) is 21.1. The summed E-state index contributed by atoms with van der Waals surface area (Å²) in [5.74, 6) is -0.382. The van der Waals surface area contributed by atoms with Gasteiger partial charge in [0.15, 0.2) is 11.6 Å². The Kier molecular flexibility index (Phi) is 6.85. The first-order valence-corrected chi connectivity index (χ1v) is 11.5. The molecular weight excluding hydrogens is 481 g/mol. The summed E-state index contributed by atoms with van der Waals surface area (Å²) in [6, 6.07) is 8.85. The van der Waals surface area contributed by atoms with Crippen molar-refractivity contribution in [3.05, 3.63) is 69.7 Å². The number of aryl methyl sites for hydroxylation is 1. The molecule has 0 spiro atoms. The van der Waals surface area contributed by atoms with Crippen LogP contribution in [0.15, 0.2) is 41.3 Å². The number of nitrogens with zero attached hydrogens (tertiary/aromatic N) is 5. The molecule has 0 radical (unpaired) electrons. The highest BCUT2D eigenvalue weighted by molar-refractivity contribution is 5.88. The monoisotopic (exact) mass is 507 g/mol. The second-order valence-corrected chi connectivity index (χ2v) is 9.63. The highest BCUT2D eigenvalue weighted by Crippen LogP contribution is 2.31. The van der Waals surface area contributed by atoms with Crippen molar-refractivity contribution in [3.63, 3.8) is 0 Å². The van der Waals surface area contributed by atoms with Gasteiger partial charge in [0.2, 0.25) is 5.88 Å². The molecule has 0 saturated carbocycles. The molecule has 11 heteroatoms. The number of rotatable bonds is 5. The molecular formula is C26H26FN5O5. The lowest BCUT2D eigenvalue weighted by molar-refractivity contribution is 0.0572. The quantitative estimate of drug-likeness (QED) is 0.496. The smallest absolute Gasteiger partial charge is 0.416 e. The van der Waals surface area contributed by atoms with E-state index in [0.717, 1.165) is 0 Å². The summed E-state index contributed by atoms with van der Waals surface area (Å²) in [6.45, 7) is 8.89. The maximum Gasteiger partial charge on any atom is 0.416 e. The SMILES string of the molecule is Cc1cc(Oc2c(F)cc(COc3cc4n(c(=O)n3)C[C@@H](C)N4C(=O)OC(C)(C)C)cc2C#N)ccn1. The van der Waals surface area contributed by atoms with Gasteiger partial charge in [-0.1, -0.05) is 0 Å². The minimum atomic E-state index is -0.751. The van der Waals surface area contributed by atoms with Gasteiger partial charge >= 0.3 is 11.8 Å². The number of amides is 1. The summed E-state index contributed by atoms with van der Waals surface area (Å²) in [7, 11) is 0. The van der Waals surface area contributed by atoms with Gasteiger partial charge in [0, 0.05) is 30.6 Å². The molecule has 2 aromatic heterocycles. The molecule has 0 aliphatic carbocycles. The van der Waals surface area contributed by atoms with Crippen LogP contribution in [0.2, 0.25) is 0 Å². The highest BCUT2D eigenvalue weighted by Gasteiger charge is 2.35. The largest absolute Gasteiger partial charge is 0.473 e. The molecule has 0 fully saturated rings. The third-order valence-corrected chi connectivity index (χ3v) is 5.39. The lowest BCUT2D eigenvalue weighted by atomic mass is 10.1. The number of aromatic nitrogens is 3. The van der Waals surface area contributed by atoms with E-state index in [-0.39, 0.29) is 42.2 Å². The Morgan fingerprint density at radius 1 is 1.27 bits per heavy atom. The number of fused-ring (bicyclic) bond motifs is 1. The Hall–Kier alpha value is -4.46. The predicted octanol–water partition coefficient (Wildman–Crippen LogP) is 4.47. The average molecular weight is 508 g/mol. The van der Waals surface area contributed by atoms with Gasteiger partial charge in [-0.05, 0) is 58.4 Å². The number of halogens is 1. The number of carbonyl (C=O) groups is 1. The third-order valence-electron chi connectivity index (χ3n) is 5.39. The molecule has 192 valence electrons. The molecule has 10 nitrogen and oxygen atoms in total. The van der Waals surface area contributed by atoms with E-state index in [0.29, 0.717) is 17.0 Å². The normalized spacial score (nSPS) is 14.6. The van der Waals surface area contributed by atoms with Gasteiger partial charge in [0.25, 0.3) is 0 Å². The number of benzene rings is 1. The number of anilines is 1. The van der Waals surface area contributed by atoms with Crippen LogP contribution >= 0.6 is 0 Å². The zero-order valence-electron chi connectivity index (χ0n) is 21.1. The fraction of sp³-hybridized carbons (Fsp3) is 0.346. The van der Waals surface area contributed by atoms with Crippen molar-refractivity contribution in [2.75, 3.05) is 4.90 Å². The second-order valence-electron chi connectivity index (χ2n) is 9.63. The van der Waals surface area contributed by atoms with Crippen molar-refractivity contribution in [1.29, 1.82) is 5.26 Å². The second kappa shape index (κ2) is 9.89. The van der Waals surface area contributed by atoms with E-state index in [1.54, 1.807) is 46.8 Å². The van der Waals surface area contributed by atoms with Crippen molar-refractivity contribution in [2.45, 2.75) is 59.4 Å². The van der Waals surface area contributed by atoms with Crippen molar-refractivity contribution in [3.8, 4) is 23.4 Å².